The summed E-state index contributed by atoms with van der Waals surface area (Å²) in [5.74, 6) is -0.211. The summed E-state index contributed by atoms with van der Waals surface area (Å²) in [5.41, 5.74) is 3.23. The number of amides is 2. The van der Waals surface area contributed by atoms with Gasteiger partial charge in [-0.3, -0.25) is 9.59 Å². The lowest BCUT2D eigenvalue weighted by Crippen LogP contribution is -2.53. The molecular weight excluding hydrogens is 434 g/mol. The highest BCUT2D eigenvalue weighted by molar-refractivity contribution is 6.30. The van der Waals surface area contributed by atoms with Crippen molar-refractivity contribution < 1.29 is 9.59 Å². The van der Waals surface area contributed by atoms with Crippen LogP contribution in [0.2, 0.25) is 5.02 Å². The standard InChI is InChI=1S/C27H30ClN3O2/c1-19-7-9-21(10-8-19)26(33)31(27(2,3)4)18-24(32)30-17-16-29-15-5-6-23(29)25(30)20-11-13-22(28)14-12-20/h5-15,25H,16-18H2,1-4H3/t25-/m0/s1. The van der Waals surface area contributed by atoms with Crippen molar-refractivity contribution in [3.05, 3.63) is 94.3 Å². The Morgan fingerprint density at radius 1 is 1.00 bits per heavy atom. The molecule has 0 aliphatic carbocycles. The van der Waals surface area contributed by atoms with E-state index >= 15 is 0 Å². The summed E-state index contributed by atoms with van der Waals surface area (Å²) in [5, 5.41) is 0.658. The fourth-order valence-electron chi connectivity index (χ4n) is 4.34. The van der Waals surface area contributed by atoms with Gasteiger partial charge in [-0.25, -0.2) is 0 Å². The Balaban J connectivity index is 1.65. The van der Waals surface area contributed by atoms with Crippen molar-refractivity contribution in [1.82, 2.24) is 14.4 Å². The molecule has 2 heterocycles. The molecule has 2 amide bonds. The van der Waals surface area contributed by atoms with Crippen molar-refractivity contribution in [1.29, 1.82) is 0 Å². The SMILES string of the molecule is Cc1ccc(C(=O)N(CC(=O)N2CCn3cccc3[C@@H]2c2ccc(Cl)cc2)C(C)(C)C)cc1. The molecule has 0 radical (unpaired) electrons. The number of aryl methyl sites for hydroxylation is 1. The molecule has 0 unspecified atom stereocenters. The van der Waals surface area contributed by atoms with Crippen molar-refractivity contribution in [2.24, 2.45) is 0 Å². The highest BCUT2D eigenvalue weighted by Crippen LogP contribution is 2.33. The lowest BCUT2D eigenvalue weighted by Gasteiger charge is -2.41. The number of benzene rings is 2. The van der Waals surface area contributed by atoms with Crippen molar-refractivity contribution in [3.63, 3.8) is 0 Å². The summed E-state index contributed by atoms with van der Waals surface area (Å²) in [4.78, 5) is 30.7. The van der Waals surface area contributed by atoms with Gasteiger partial charge in [0, 0.05) is 41.1 Å². The van der Waals surface area contributed by atoms with E-state index < -0.39 is 5.54 Å². The molecule has 0 N–H and O–H groups in total. The van der Waals surface area contributed by atoms with E-state index in [9.17, 15) is 9.59 Å². The Hall–Kier alpha value is -3.05. The van der Waals surface area contributed by atoms with Crippen molar-refractivity contribution >= 4 is 23.4 Å². The topological polar surface area (TPSA) is 45.6 Å². The van der Waals surface area contributed by atoms with E-state index in [4.69, 9.17) is 11.6 Å². The third kappa shape index (κ3) is 4.83. The average molecular weight is 464 g/mol. The van der Waals surface area contributed by atoms with Crippen LogP contribution in [-0.4, -0.2) is 44.8 Å². The first-order valence-corrected chi connectivity index (χ1v) is 11.6. The summed E-state index contributed by atoms with van der Waals surface area (Å²) in [7, 11) is 0. The molecule has 5 nitrogen and oxygen atoms in total. The van der Waals surface area contributed by atoms with Gasteiger partial charge in [-0.1, -0.05) is 41.4 Å². The second-order valence-corrected chi connectivity index (χ2v) is 10.0. The number of nitrogens with zero attached hydrogens (tertiary/aromatic N) is 3. The summed E-state index contributed by atoms with van der Waals surface area (Å²) >= 11 is 6.12. The molecule has 172 valence electrons. The van der Waals surface area contributed by atoms with Crippen molar-refractivity contribution in [2.45, 2.75) is 45.8 Å². The predicted molar refractivity (Wildman–Crippen MR) is 131 cm³/mol. The van der Waals surface area contributed by atoms with Crippen LogP contribution < -0.4 is 0 Å². The zero-order valence-electron chi connectivity index (χ0n) is 19.6. The number of hydrogen-bond donors (Lipinski definition) is 0. The molecule has 6 heteroatoms. The van der Waals surface area contributed by atoms with Crippen molar-refractivity contribution in [2.75, 3.05) is 13.1 Å². The fraction of sp³-hybridized carbons (Fsp3) is 0.333. The van der Waals surface area contributed by atoms with Gasteiger partial charge in [0.15, 0.2) is 0 Å². The molecule has 0 spiro atoms. The molecule has 33 heavy (non-hydrogen) atoms. The number of rotatable bonds is 4. The first-order chi connectivity index (χ1) is 15.6. The van der Waals surface area contributed by atoms with E-state index in [1.54, 1.807) is 4.90 Å². The molecule has 0 fully saturated rings. The largest absolute Gasteiger partial charge is 0.348 e. The Bertz CT molecular complexity index is 1140. The van der Waals surface area contributed by atoms with Gasteiger partial charge < -0.3 is 14.4 Å². The Morgan fingerprint density at radius 2 is 1.67 bits per heavy atom. The van der Waals surface area contributed by atoms with E-state index in [1.165, 1.54) is 0 Å². The molecular formula is C27H30ClN3O2. The minimum absolute atomic E-state index is 0.0149. The van der Waals surface area contributed by atoms with E-state index in [2.05, 4.69) is 10.6 Å². The second-order valence-electron chi connectivity index (χ2n) is 9.60. The van der Waals surface area contributed by atoms with Gasteiger partial charge in [0.05, 0.1) is 6.04 Å². The molecule has 2 aromatic carbocycles. The average Bonchev–Trinajstić information content (AvgIpc) is 3.25. The summed E-state index contributed by atoms with van der Waals surface area (Å²) in [6.07, 6.45) is 2.04. The monoisotopic (exact) mass is 463 g/mol. The Morgan fingerprint density at radius 3 is 2.30 bits per heavy atom. The molecule has 1 aromatic heterocycles. The number of fused-ring (bicyclic) bond motifs is 1. The summed E-state index contributed by atoms with van der Waals surface area (Å²) in [6.45, 7) is 9.19. The molecule has 4 rings (SSSR count). The summed E-state index contributed by atoms with van der Waals surface area (Å²) in [6, 6.07) is 19.0. The molecule has 0 saturated heterocycles. The smallest absolute Gasteiger partial charge is 0.254 e. The molecule has 1 aliphatic heterocycles. The number of carbonyl (C=O) groups is 2. The van der Waals surface area contributed by atoms with Gasteiger partial charge in [-0.15, -0.1) is 0 Å². The Labute approximate surface area is 200 Å². The van der Waals surface area contributed by atoms with Crippen LogP contribution in [-0.2, 0) is 11.3 Å². The van der Waals surface area contributed by atoms with Crippen LogP contribution in [0.3, 0.4) is 0 Å². The van der Waals surface area contributed by atoms with Crippen LogP contribution >= 0.6 is 11.6 Å². The van der Waals surface area contributed by atoms with Crippen LogP contribution in [0, 0.1) is 6.92 Å². The maximum absolute atomic E-state index is 13.7. The first-order valence-electron chi connectivity index (χ1n) is 11.2. The normalized spacial score (nSPS) is 15.8. The van der Waals surface area contributed by atoms with Crippen molar-refractivity contribution in [3.8, 4) is 0 Å². The maximum Gasteiger partial charge on any atom is 0.254 e. The highest BCUT2D eigenvalue weighted by Gasteiger charge is 2.36. The maximum atomic E-state index is 13.7. The quantitative estimate of drug-likeness (QED) is 0.525. The molecule has 0 bridgehead atoms. The zero-order chi connectivity index (χ0) is 23.8. The number of carbonyl (C=O) groups excluding carboxylic acids is 2. The number of aromatic nitrogens is 1. The van der Waals surface area contributed by atoms with Gasteiger partial charge in [0.1, 0.15) is 6.54 Å². The third-order valence-corrected chi connectivity index (χ3v) is 6.44. The van der Waals surface area contributed by atoms with Crippen LogP contribution in [0.5, 0.6) is 0 Å². The molecule has 1 atom stereocenters. The zero-order valence-corrected chi connectivity index (χ0v) is 20.3. The number of hydrogen-bond acceptors (Lipinski definition) is 2. The lowest BCUT2D eigenvalue weighted by atomic mass is 9.99. The number of halogens is 1. The molecule has 0 saturated carbocycles. The first kappa shape index (κ1) is 23.1. The van der Waals surface area contributed by atoms with Gasteiger partial charge in [0.2, 0.25) is 5.91 Å². The van der Waals surface area contributed by atoms with Gasteiger partial charge in [-0.05, 0) is 69.7 Å². The van der Waals surface area contributed by atoms with E-state index in [0.29, 0.717) is 17.1 Å². The van der Waals surface area contributed by atoms with Gasteiger partial charge in [0.25, 0.3) is 5.91 Å². The van der Waals surface area contributed by atoms with E-state index in [-0.39, 0.29) is 24.4 Å². The predicted octanol–water partition coefficient (Wildman–Crippen LogP) is 5.32. The van der Waals surface area contributed by atoms with Crippen LogP contribution in [0.4, 0.5) is 0 Å². The summed E-state index contributed by atoms with van der Waals surface area (Å²) < 4.78 is 2.18. The lowest BCUT2D eigenvalue weighted by molar-refractivity contribution is -0.135. The molecule has 3 aromatic rings. The van der Waals surface area contributed by atoms with Crippen LogP contribution in [0.1, 0.15) is 54.0 Å². The third-order valence-electron chi connectivity index (χ3n) is 6.19. The Kier molecular flexibility index (Phi) is 6.35. The highest BCUT2D eigenvalue weighted by atomic mass is 35.5. The van der Waals surface area contributed by atoms with Crippen LogP contribution in [0.15, 0.2) is 66.9 Å². The van der Waals surface area contributed by atoms with E-state index in [0.717, 1.165) is 23.4 Å². The minimum atomic E-state index is -0.511. The fourth-order valence-corrected chi connectivity index (χ4v) is 4.47. The van der Waals surface area contributed by atoms with E-state index in [1.807, 2.05) is 93.4 Å². The molecule has 1 aliphatic rings. The van der Waals surface area contributed by atoms with Gasteiger partial charge in [-0.2, -0.15) is 0 Å². The minimum Gasteiger partial charge on any atom is -0.348 e. The van der Waals surface area contributed by atoms with Gasteiger partial charge >= 0.3 is 0 Å². The second kappa shape index (κ2) is 9.06. The van der Waals surface area contributed by atoms with Crippen LogP contribution in [0.25, 0.3) is 0 Å².